The number of benzene rings is 3. The van der Waals surface area contributed by atoms with E-state index in [1.54, 1.807) is 7.11 Å². The predicted molar refractivity (Wildman–Crippen MR) is 134 cm³/mol. The highest BCUT2D eigenvalue weighted by Crippen LogP contribution is 2.34. The zero-order valence-electron chi connectivity index (χ0n) is 19.1. The molecule has 5 N–H and O–H groups in total. The number of ether oxygens (including phenoxy) is 1. The van der Waals surface area contributed by atoms with Gasteiger partial charge in [-0.05, 0) is 65.9 Å². The van der Waals surface area contributed by atoms with Gasteiger partial charge in [0, 0.05) is 41.0 Å². The molecule has 4 aromatic rings. The number of fused-ring (bicyclic) bond motifs is 3. The highest BCUT2D eigenvalue weighted by molar-refractivity contribution is 6.12. The van der Waals surface area contributed by atoms with E-state index in [0.29, 0.717) is 18.7 Å². The minimum Gasteiger partial charge on any atom is -0.497 e. The molecule has 1 aromatic heterocycles. The van der Waals surface area contributed by atoms with Gasteiger partial charge in [0.2, 0.25) is 5.91 Å². The minimum absolute atomic E-state index is 0.0156. The first-order valence-corrected chi connectivity index (χ1v) is 11.5. The van der Waals surface area contributed by atoms with E-state index in [-0.39, 0.29) is 18.4 Å². The lowest BCUT2D eigenvalue weighted by atomic mass is 9.97. The fraction of sp³-hybridized carbons (Fsp3) is 0.259. The molecule has 0 unspecified atom stereocenters. The van der Waals surface area contributed by atoms with Gasteiger partial charge in [0.05, 0.1) is 19.0 Å². The van der Waals surface area contributed by atoms with Gasteiger partial charge in [0.25, 0.3) is 5.91 Å². The highest BCUT2D eigenvalue weighted by Gasteiger charge is 2.22. The number of piperidine rings is 1. The monoisotopic (exact) mass is 456 g/mol. The molecule has 1 saturated heterocycles. The third-order valence-electron chi connectivity index (χ3n) is 6.63. The number of primary amides is 1. The van der Waals surface area contributed by atoms with Crippen LogP contribution in [0, 0.1) is 0 Å². The summed E-state index contributed by atoms with van der Waals surface area (Å²) in [4.78, 5) is 30.2. The average Bonchev–Trinajstić information content (AvgIpc) is 3.22. The Bertz CT molecular complexity index is 1400. The molecule has 2 amide bonds. The number of carbonyl (C=O) groups excluding carboxylic acids is 2. The van der Waals surface area contributed by atoms with Crippen LogP contribution in [-0.4, -0.2) is 47.9 Å². The molecule has 1 fully saturated rings. The smallest absolute Gasteiger partial charge is 0.253 e. The van der Waals surface area contributed by atoms with Crippen molar-refractivity contribution in [2.75, 3.05) is 20.2 Å². The number of nitrogens with zero attached hydrogens (tertiary/aromatic N) is 1. The number of hydrogen-bond acceptors (Lipinski definition) is 4. The molecular weight excluding hydrogens is 428 g/mol. The third kappa shape index (κ3) is 4.10. The van der Waals surface area contributed by atoms with E-state index in [1.165, 1.54) is 0 Å². The van der Waals surface area contributed by atoms with Crippen molar-refractivity contribution in [3.05, 3.63) is 65.7 Å². The first-order chi connectivity index (χ1) is 16.4. The summed E-state index contributed by atoms with van der Waals surface area (Å²) in [7, 11) is 1.64. The molecular formula is C27H28N4O3. The summed E-state index contributed by atoms with van der Waals surface area (Å²) in [6.07, 6.45) is 1.76. The van der Waals surface area contributed by atoms with E-state index in [1.807, 2.05) is 53.4 Å². The predicted octanol–water partition coefficient (Wildman–Crippen LogP) is 3.59. The second-order valence-corrected chi connectivity index (χ2v) is 8.95. The van der Waals surface area contributed by atoms with Crippen LogP contribution >= 0.6 is 0 Å². The molecule has 0 aliphatic carbocycles. The van der Waals surface area contributed by atoms with E-state index in [0.717, 1.165) is 57.1 Å². The summed E-state index contributed by atoms with van der Waals surface area (Å²) >= 11 is 0. The van der Waals surface area contributed by atoms with Crippen molar-refractivity contribution in [2.45, 2.75) is 25.3 Å². The normalized spacial score (nSPS) is 14.6. The second-order valence-electron chi connectivity index (χ2n) is 8.95. The summed E-state index contributed by atoms with van der Waals surface area (Å²) in [6.45, 7) is 1.36. The number of carbonyl (C=O) groups is 2. The Morgan fingerprint density at radius 2 is 1.82 bits per heavy atom. The van der Waals surface area contributed by atoms with Crippen LogP contribution in [0.4, 0.5) is 0 Å². The Hall–Kier alpha value is -3.84. The number of methoxy groups -OCH3 is 1. The van der Waals surface area contributed by atoms with Crippen LogP contribution in [0.25, 0.3) is 32.9 Å². The minimum atomic E-state index is -0.401. The highest BCUT2D eigenvalue weighted by atomic mass is 16.5. The number of rotatable bonds is 5. The molecule has 1 aliphatic heterocycles. The van der Waals surface area contributed by atoms with Gasteiger partial charge < -0.3 is 26.1 Å². The van der Waals surface area contributed by atoms with Crippen LogP contribution in [0.1, 0.15) is 28.8 Å². The Balaban J connectivity index is 1.61. The Labute approximate surface area is 197 Å². The standard InChI is InChI=1S/C27H28N4O3/c1-34-21-4-2-3-16(12-21)18-11-19(15-25(29)32)26-23(13-18)22-6-5-17(14-24(22)30-26)27(33)31-9-7-20(28)8-10-31/h2-6,11-14,20,30H,7-10,15,28H2,1H3,(H2,29,32). The topological polar surface area (TPSA) is 114 Å². The Kier molecular flexibility index (Phi) is 5.71. The molecule has 0 atom stereocenters. The lowest BCUT2D eigenvalue weighted by Crippen LogP contribution is -2.42. The van der Waals surface area contributed by atoms with Gasteiger partial charge >= 0.3 is 0 Å². The molecule has 34 heavy (non-hydrogen) atoms. The summed E-state index contributed by atoms with van der Waals surface area (Å²) < 4.78 is 5.38. The van der Waals surface area contributed by atoms with Gasteiger partial charge in [-0.15, -0.1) is 0 Å². The number of aromatic amines is 1. The first kappa shape index (κ1) is 22.0. The Morgan fingerprint density at radius 3 is 2.56 bits per heavy atom. The van der Waals surface area contributed by atoms with E-state index >= 15 is 0 Å². The van der Waals surface area contributed by atoms with Crippen LogP contribution in [0.2, 0.25) is 0 Å². The number of H-pyrrole nitrogens is 1. The Morgan fingerprint density at radius 1 is 1.03 bits per heavy atom. The van der Waals surface area contributed by atoms with Gasteiger partial charge in [-0.1, -0.05) is 18.2 Å². The number of nitrogens with one attached hydrogen (secondary N) is 1. The van der Waals surface area contributed by atoms with Gasteiger partial charge in [-0.3, -0.25) is 9.59 Å². The lowest BCUT2D eigenvalue weighted by Gasteiger charge is -2.30. The van der Waals surface area contributed by atoms with Crippen molar-refractivity contribution in [1.29, 1.82) is 0 Å². The molecule has 1 aliphatic rings. The molecule has 0 saturated carbocycles. The van der Waals surface area contributed by atoms with Crippen LogP contribution in [0.3, 0.4) is 0 Å². The van der Waals surface area contributed by atoms with Crippen molar-refractivity contribution >= 4 is 33.6 Å². The molecule has 5 rings (SSSR count). The van der Waals surface area contributed by atoms with Crippen LogP contribution in [-0.2, 0) is 11.2 Å². The maximum Gasteiger partial charge on any atom is 0.253 e. The summed E-state index contributed by atoms with van der Waals surface area (Å²) in [5.41, 5.74) is 16.7. The van der Waals surface area contributed by atoms with Gasteiger partial charge in [-0.2, -0.15) is 0 Å². The van der Waals surface area contributed by atoms with E-state index in [4.69, 9.17) is 16.2 Å². The maximum absolute atomic E-state index is 13.1. The first-order valence-electron chi connectivity index (χ1n) is 11.5. The van der Waals surface area contributed by atoms with Crippen molar-refractivity contribution in [3.63, 3.8) is 0 Å². The summed E-state index contributed by atoms with van der Waals surface area (Å²) in [5, 5.41) is 1.97. The molecule has 3 aromatic carbocycles. The second kappa shape index (κ2) is 8.83. The number of hydrogen-bond donors (Lipinski definition) is 3. The molecule has 174 valence electrons. The fourth-order valence-electron chi connectivity index (χ4n) is 4.79. The molecule has 2 heterocycles. The zero-order chi connectivity index (χ0) is 23.8. The van der Waals surface area contributed by atoms with Crippen molar-refractivity contribution in [3.8, 4) is 16.9 Å². The molecule has 7 heteroatoms. The summed E-state index contributed by atoms with van der Waals surface area (Å²) in [5.74, 6) is 0.374. The van der Waals surface area contributed by atoms with Crippen LogP contribution in [0.5, 0.6) is 5.75 Å². The van der Waals surface area contributed by atoms with Gasteiger partial charge in [0.15, 0.2) is 0 Å². The van der Waals surface area contributed by atoms with E-state index in [9.17, 15) is 9.59 Å². The SMILES string of the molecule is COc1cccc(-c2cc(CC(N)=O)c3[nH]c4cc(C(=O)N5CCC(N)CC5)ccc4c3c2)c1. The number of nitrogens with two attached hydrogens (primary N) is 2. The maximum atomic E-state index is 13.1. The fourth-order valence-corrected chi connectivity index (χ4v) is 4.79. The molecule has 0 bridgehead atoms. The van der Waals surface area contributed by atoms with E-state index < -0.39 is 5.91 Å². The van der Waals surface area contributed by atoms with Crippen LogP contribution in [0.15, 0.2) is 54.6 Å². The lowest BCUT2D eigenvalue weighted by molar-refractivity contribution is -0.117. The van der Waals surface area contributed by atoms with Crippen molar-refractivity contribution in [2.24, 2.45) is 11.5 Å². The number of amides is 2. The third-order valence-corrected chi connectivity index (χ3v) is 6.63. The molecule has 7 nitrogen and oxygen atoms in total. The quantitative estimate of drug-likeness (QED) is 0.426. The molecule has 0 radical (unpaired) electrons. The van der Waals surface area contributed by atoms with Crippen molar-refractivity contribution < 1.29 is 14.3 Å². The number of aromatic nitrogens is 1. The van der Waals surface area contributed by atoms with Crippen molar-refractivity contribution in [1.82, 2.24) is 9.88 Å². The zero-order valence-corrected chi connectivity index (χ0v) is 19.1. The van der Waals surface area contributed by atoms with E-state index in [2.05, 4.69) is 11.1 Å². The number of likely N-dealkylation sites (tertiary alicyclic amines) is 1. The van der Waals surface area contributed by atoms with Gasteiger partial charge in [-0.25, -0.2) is 0 Å². The van der Waals surface area contributed by atoms with Gasteiger partial charge in [0.1, 0.15) is 5.75 Å². The van der Waals surface area contributed by atoms with Crippen LogP contribution < -0.4 is 16.2 Å². The largest absolute Gasteiger partial charge is 0.497 e. The summed E-state index contributed by atoms with van der Waals surface area (Å²) in [6, 6.07) is 17.8. The average molecular weight is 457 g/mol. The molecule has 0 spiro atoms.